The Balaban J connectivity index is 1.98. The van der Waals surface area contributed by atoms with Crippen LogP contribution in [0.2, 0.25) is 0 Å². The van der Waals surface area contributed by atoms with Gasteiger partial charge in [0.05, 0.1) is 25.8 Å². The molecule has 2 aromatic rings. The molecule has 0 aliphatic carbocycles. The van der Waals surface area contributed by atoms with Gasteiger partial charge in [0.2, 0.25) is 0 Å². The molecule has 2 rings (SSSR count). The van der Waals surface area contributed by atoms with Crippen LogP contribution in [0.5, 0.6) is 11.5 Å². The molecule has 0 unspecified atom stereocenters. The van der Waals surface area contributed by atoms with Crippen molar-refractivity contribution in [1.29, 1.82) is 0 Å². The molecule has 1 aromatic heterocycles. The normalized spacial score (nSPS) is 11.4. The van der Waals surface area contributed by atoms with Crippen molar-refractivity contribution in [2.75, 3.05) is 45.7 Å². The number of nitrogens with two attached hydrogens (primary N) is 1. The number of methoxy groups -OCH3 is 1. The standard InChI is InChI=1S/C18H28N4O3/c1-13(2)11-22(6-7-23)5-4-8-25-17-10-15-14(9-16(17)24-3)18(19)21-12-20-15/h9-10,12-13,23H,4-8,11H2,1-3H3,(H2,19,20,21). The van der Waals surface area contributed by atoms with Gasteiger partial charge in [0.25, 0.3) is 0 Å². The highest BCUT2D eigenvalue weighted by Crippen LogP contribution is 2.33. The lowest BCUT2D eigenvalue weighted by Crippen LogP contribution is -2.32. The number of hydrogen-bond donors (Lipinski definition) is 2. The van der Waals surface area contributed by atoms with E-state index in [9.17, 15) is 0 Å². The number of ether oxygens (including phenoxy) is 2. The van der Waals surface area contributed by atoms with Crippen LogP contribution in [0.4, 0.5) is 5.82 Å². The molecule has 0 fully saturated rings. The van der Waals surface area contributed by atoms with E-state index in [2.05, 4.69) is 28.7 Å². The largest absolute Gasteiger partial charge is 0.493 e. The molecule has 0 saturated carbocycles. The highest BCUT2D eigenvalue weighted by molar-refractivity contribution is 5.90. The van der Waals surface area contributed by atoms with E-state index >= 15 is 0 Å². The molecule has 7 heteroatoms. The third-order valence-electron chi connectivity index (χ3n) is 3.87. The van der Waals surface area contributed by atoms with E-state index in [1.807, 2.05) is 6.07 Å². The molecule has 0 aliphatic heterocycles. The van der Waals surface area contributed by atoms with E-state index in [0.29, 0.717) is 36.4 Å². The second kappa shape index (κ2) is 9.39. The summed E-state index contributed by atoms with van der Waals surface area (Å²) in [5.41, 5.74) is 6.61. The Kier molecular flexibility index (Phi) is 7.21. The number of benzene rings is 1. The highest BCUT2D eigenvalue weighted by atomic mass is 16.5. The lowest BCUT2D eigenvalue weighted by atomic mass is 10.2. The van der Waals surface area contributed by atoms with Gasteiger partial charge >= 0.3 is 0 Å². The number of nitrogens with zero attached hydrogens (tertiary/aromatic N) is 3. The van der Waals surface area contributed by atoms with Crippen LogP contribution in [0.1, 0.15) is 20.3 Å². The molecule has 0 aliphatic rings. The summed E-state index contributed by atoms with van der Waals surface area (Å²) < 4.78 is 11.3. The number of aliphatic hydroxyl groups is 1. The number of aliphatic hydroxyl groups excluding tert-OH is 1. The number of nitrogen functional groups attached to an aromatic ring is 1. The first-order chi connectivity index (χ1) is 12.0. The van der Waals surface area contributed by atoms with Crippen LogP contribution < -0.4 is 15.2 Å². The van der Waals surface area contributed by atoms with Crippen molar-refractivity contribution >= 4 is 16.7 Å². The summed E-state index contributed by atoms with van der Waals surface area (Å²) in [6, 6.07) is 3.63. The topological polar surface area (TPSA) is 93.7 Å². The van der Waals surface area contributed by atoms with Crippen LogP contribution in [0.25, 0.3) is 10.9 Å². The van der Waals surface area contributed by atoms with Gasteiger partial charge in [0.1, 0.15) is 12.1 Å². The lowest BCUT2D eigenvalue weighted by molar-refractivity contribution is 0.169. The summed E-state index contributed by atoms with van der Waals surface area (Å²) >= 11 is 0. The monoisotopic (exact) mass is 348 g/mol. The van der Waals surface area contributed by atoms with Gasteiger partial charge < -0.3 is 25.2 Å². The van der Waals surface area contributed by atoms with Gasteiger partial charge in [-0.2, -0.15) is 0 Å². The number of aromatic nitrogens is 2. The van der Waals surface area contributed by atoms with Crippen molar-refractivity contribution in [3.8, 4) is 11.5 Å². The number of fused-ring (bicyclic) bond motifs is 1. The Hall–Kier alpha value is -2.12. The zero-order valence-electron chi connectivity index (χ0n) is 15.2. The van der Waals surface area contributed by atoms with Gasteiger partial charge in [-0.25, -0.2) is 9.97 Å². The molecule has 138 valence electrons. The van der Waals surface area contributed by atoms with E-state index in [-0.39, 0.29) is 6.61 Å². The van der Waals surface area contributed by atoms with Gasteiger partial charge in [0.15, 0.2) is 11.5 Å². The Morgan fingerprint density at radius 2 is 2.00 bits per heavy atom. The third kappa shape index (κ3) is 5.44. The first-order valence-corrected chi connectivity index (χ1v) is 8.59. The summed E-state index contributed by atoms with van der Waals surface area (Å²) in [4.78, 5) is 10.5. The van der Waals surface area contributed by atoms with E-state index < -0.39 is 0 Å². The summed E-state index contributed by atoms with van der Waals surface area (Å²) in [7, 11) is 1.60. The van der Waals surface area contributed by atoms with Crippen LogP contribution in [-0.2, 0) is 0 Å². The van der Waals surface area contributed by atoms with Crippen LogP contribution in [0, 0.1) is 5.92 Å². The molecule has 0 saturated heterocycles. The Morgan fingerprint density at radius 1 is 1.20 bits per heavy atom. The minimum absolute atomic E-state index is 0.174. The van der Waals surface area contributed by atoms with Crippen molar-refractivity contribution in [2.24, 2.45) is 5.92 Å². The predicted octanol–water partition coefficient (Wildman–Crippen LogP) is 1.94. The fourth-order valence-corrected chi connectivity index (χ4v) is 2.78. The van der Waals surface area contributed by atoms with Gasteiger partial charge in [-0.3, -0.25) is 0 Å². The van der Waals surface area contributed by atoms with Gasteiger partial charge in [-0.1, -0.05) is 13.8 Å². The maximum Gasteiger partial charge on any atom is 0.163 e. The fraction of sp³-hybridized carbons (Fsp3) is 0.556. The Morgan fingerprint density at radius 3 is 2.68 bits per heavy atom. The average molecular weight is 348 g/mol. The van der Waals surface area contributed by atoms with E-state index in [4.69, 9.17) is 20.3 Å². The summed E-state index contributed by atoms with van der Waals surface area (Å²) in [5, 5.41) is 9.91. The molecular formula is C18H28N4O3. The van der Waals surface area contributed by atoms with Crippen LogP contribution >= 0.6 is 0 Å². The SMILES string of the molecule is COc1cc2c(N)ncnc2cc1OCCCN(CCO)CC(C)C. The van der Waals surface area contributed by atoms with Crippen molar-refractivity contribution in [3.63, 3.8) is 0 Å². The van der Waals surface area contributed by atoms with Gasteiger partial charge in [0, 0.05) is 31.1 Å². The molecule has 0 bridgehead atoms. The number of hydrogen-bond acceptors (Lipinski definition) is 7. The molecule has 1 heterocycles. The van der Waals surface area contributed by atoms with Gasteiger partial charge in [-0.05, 0) is 18.4 Å². The first kappa shape index (κ1) is 19.2. The van der Waals surface area contributed by atoms with Crippen molar-refractivity contribution in [1.82, 2.24) is 14.9 Å². The molecule has 0 radical (unpaired) electrons. The predicted molar refractivity (Wildman–Crippen MR) is 99.0 cm³/mol. The van der Waals surface area contributed by atoms with Crippen molar-refractivity contribution < 1.29 is 14.6 Å². The summed E-state index contributed by atoms with van der Waals surface area (Å²) in [6.45, 7) is 7.62. The van der Waals surface area contributed by atoms with Crippen molar-refractivity contribution in [2.45, 2.75) is 20.3 Å². The molecule has 3 N–H and O–H groups in total. The van der Waals surface area contributed by atoms with E-state index in [1.54, 1.807) is 13.2 Å². The molecular weight excluding hydrogens is 320 g/mol. The molecule has 0 amide bonds. The van der Waals surface area contributed by atoms with E-state index in [1.165, 1.54) is 6.33 Å². The maximum atomic E-state index is 9.16. The zero-order chi connectivity index (χ0) is 18.2. The Labute approximate surface area is 148 Å². The Bertz CT molecular complexity index is 679. The van der Waals surface area contributed by atoms with Crippen LogP contribution in [-0.4, -0.2) is 59.9 Å². The van der Waals surface area contributed by atoms with Crippen LogP contribution in [0.15, 0.2) is 18.5 Å². The number of rotatable bonds is 10. The minimum atomic E-state index is 0.174. The lowest BCUT2D eigenvalue weighted by Gasteiger charge is -2.23. The highest BCUT2D eigenvalue weighted by Gasteiger charge is 2.11. The second-order valence-electron chi connectivity index (χ2n) is 6.40. The fourth-order valence-electron chi connectivity index (χ4n) is 2.78. The molecule has 1 aromatic carbocycles. The van der Waals surface area contributed by atoms with Crippen LogP contribution in [0.3, 0.4) is 0 Å². The molecule has 25 heavy (non-hydrogen) atoms. The number of anilines is 1. The summed E-state index contributed by atoms with van der Waals surface area (Å²) in [6.07, 6.45) is 2.30. The summed E-state index contributed by atoms with van der Waals surface area (Å²) in [5.74, 6) is 2.25. The second-order valence-corrected chi connectivity index (χ2v) is 6.40. The smallest absolute Gasteiger partial charge is 0.163 e. The quantitative estimate of drug-likeness (QED) is 0.634. The average Bonchev–Trinajstić information content (AvgIpc) is 2.58. The first-order valence-electron chi connectivity index (χ1n) is 8.59. The van der Waals surface area contributed by atoms with Crippen molar-refractivity contribution in [3.05, 3.63) is 18.5 Å². The zero-order valence-corrected chi connectivity index (χ0v) is 15.2. The molecule has 7 nitrogen and oxygen atoms in total. The van der Waals surface area contributed by atoms with E-state index in [0.717, 1.165) is 30.4 Å². The third-order valence-corrected chi connectivity index (χ3v) is 3.87. The maximum absolute atomic E-state index is 9.16. The minimum Gasteiger partial charge on any atom is -0.493 e. The van der Waals surface area contributed by atoms with Gasteiger partial charge in [-0.15, -0.1) is 0 Å². The molecule has 0 spiro atoms. The molecule has 0 atom stereocenters.